The lowest BCUT2D eigenvalue weighted by Crippen LogP contribution is -2.11. The Morgan fingerprint density at radius 1 is 1.24 bits per heavy atom. The summed E-state index contributed by atoms with van der Waals surface area (Å²) >= 11 is 0.917. The largest absolute Gasteiger partial charge is 0.481 e. The van der Waals surface area contributed by atoms with E-state index in [2.05, 4.69) is 4.72 Å². The van der Waals surface area contributed by atoms with Crippen LogP contribution in [-0.2, 0) is 27.8 Å². The number of hydrogen-bond acceptors (Lipinski definition) is 5. The molecular formula is C13H13NO5S2. The zero-order valence-corrected chi connectivity index (χ0v) is 12.4. The Labute approximate surface area is 125 Å². The zero-order valence-electron chi connectivity index (χ0n) is 10.8. The van der Waals surface area contributed by atoms with Crippen LogP contribution in [0.2, 0.25) is 0 Å². The summed E-state index contributed by atoms with van der Waals surface area (Å²) in [6.07, 6.45) is -0.208. The minimum atomic E-state index is -3.76. The van der Waals surface area contributed by atoms with Crippen LogP contribution in [0.4, 0.5) is 5.69 Å². The number of carbonyl (C=O) groups is 1. The lowest BCUT2D eigenvalue weighted by atomic mass is 10.2. The van der Waals surface area contributed by atoms with Crippen LogP contribution in [0.1, 0.15) is 10.4 Å². The molecule has 112 valence electrons. The average Bonchev–Trinajstić information content (AvgIpc) is 2.87. The summed E-state index contributed by atoms with van der Waals surface area (Å²) in [4.78, 5) is 11.1. The summed E-state index contributed by atoms with van der Waals surface area (Å²) in [5.41, 5.74) is 0.933. The Hall–Kier alpha value is -1.90. The molecular weight excluding hydrogens is 314 g/mol. The third-order valence-corrected chi connectivity index (χ3v) is 5.55. The van der Waals surface area contributed by atoms with Gasteiger partial charge in [-0.3, -0.25) is 9.52 Å². The second kappa shape index (κ2) is 6.25. The summed E-state index contributed by atoms with van der Waals surface area (Å²) in [6.45, 7) is -0.183. The second-order valence-corrected chi connectivity index (χ2v) is 7.33. The van der Waals surface area contributed by atoms with Crippen LogP contribution >= 0.6 is 11.3 Å². The zero-order chi connectivity index (χ0) is 15.5. The number of aliphatic hydroxyl groups excluding tert-OH is 1. The highest BCUT2D eigenvalue weighted by Gasteiger charge is 2.18. The quantitative estimate of drug-likeness (QED) is 0.749. The normalized spacial score (nSPS) is 11.3. The highest BCUT2D eigenvalue weighted by atomic mass is 32.2. The number of sulfonamides is 1. The minimum absolute atomic E-state index is 0.0492. The fraction of sp³-hybridized carbons (Fsp3) is 0.154. The summed E-state index contributed by atoms with van der Waals surface area (Å²) in [5, 5.41) is 17.7. The SMILES string of the molecule is O=C(O)Cc1ccc(S(=O)(=O)Nc2cccc(CO)c2)s1. The van der Waals surface area contributed by atoms with Crippen LogP contribution in [0, 0.1) is 0 Å². The lowest BCUT2D eigenvalue weighted by molar-refractivity contribution is -0.136. The number of aliphatic hydroxyl groups is 1. The molecule has 0 spiro atoms. The Morgan fingerprint density at radius 2 is 2.00 bits per heavy atom. The van der Waals surface area contributed by atoms with Gasteiger partial charge in [0, 0.05) is 10.6 Å². The molecule has 0 atom stereocenters. The van der Waals surface area contributed by atoms with Gasteiger partial charge >= 0.3 is 5.97 Å². The predicted octanol–water partition coefficient (Wildman–Crippen LogP) is 1.67. The number of nitrogens with one attached hydrogen (secondary N) is 1. The van der Waals surface area contributed by atoms with E-state index in [-0.39, 0.29) is 17.2 Å². The van der Waals surface area contributed by atoms with E-state index >= 15 is 0 Å². The highest BCUT2D eigenvalue weighted by molar-refractivity contribution is 7.94. The molecule has 1 aromatic carbocycles. The topological polar surface area (TPSA) is 104 Å². The Morgan fingerprint density at radius 3 is 2.67 bits per heavy atom. The number of hydrogen-bond donors (Lipinski definition) is 3. The molecule has 2 aromatic rings. The molecule has 0 saturated carbocycles. The molecule has 21 heavy (non-hydrogen) atoms. The molecule has 0 aliphatic carbocycles. The number of carboxylic acids is 1. The second-order valence-electron chi connectivity index (χ2n) is 4.26. The van der Waals surface area contributed by atoms with Gasteiger partial charge in [-0.05, 0) is 29.8 Å². The van der Waals surface area contributed by atoms with Crippen LogP contribution < -0.4 is 4.72 Å². The summed E-state index contributed by atoms with van der Waals surface area (Å²) < 4.78 is 26.8. The van der Waals surface area contributed by atoms with E-state index in [1.54, 1.807) is 18.2 Å². The first-order chi connectivity index (χ1) is 9.90. The first-order valence-corrected chi connectivity index (χ1v) is 8.24. The smallest absolute Gasteiger partial charge is 0.308 e. The summed E-state index contributed by atoms with van der Waals surface area (Å²) in [5.74, 6) is -1.01. The molecule has 1 heterocycles. The molecule has 1 aromatic heterocycles. The van der Waals surface area contributed by atoms with Crippen molar-refractivity contribution >= 4 is 33.0 Å². The number of carboxylic acid groups (broad SMARTS) is 1. The van der Waals surface area contributed by atoms with Gasteiger partial charge in [-0.15, -0.1) is 11.3 Å². The van der Waals surface area contributed by atoms with Gasteiger partial charge in [-0.25, -0.2) is 8.42 Å². The monoisotopic (exact) mass is 327 g/mol. The van der Waals surface area contributed by atoms with Crippen molar-refractivity contribution in [1.82, 2.24) is 0 Å². The van der Waals surface area contributed by atoms with Gasteiger partial charge in [0.25, 0.3) is 10.0 Å². The summed E-state index contributed by atoms with van der Waals surface area (Å²) in [7, 11) is -3.76. The van der Waals surface area contributed by atoms with Crippen molar-refractivity contribution in [3.05, 3.63) is 46.8 Å². The van der Waals surface area contributed by atoms with Crippen molar-refractivity contribution in [2.45, 2.75) is 17.2 Å². The van der Waals surface area contributed by atoms with Gasteiger partial charge in [-0.1, -0.05) is 12.1 Å². The van der Waals surface area contributed by atoms with Crippen molar-refractivity contribution in [2.24, 2.45) is 0 Å². The van der Waals surface area contributed by atoms with Crippen molar-refractivity contribution in [1.29, 1.82) is 0 Å². The van der Waals surface area contributed by atoms with E-state index in [4.69, 9.17) is 10.2 Å². The van der Waals surface area contributed by atoms with Gasteiger partial charge in [-0.2, -0.15) is 0 Å². The standard InChI is InChI=1S/C13H13NO5S2/c15-8-9-2-1-3-10(6-9)14-21(18,19)13-5-4-11(20-13)7-12(16)17/h1-6,14-15H,7-8H2,(H,16,17). The third kappa shape index (κ3) is 4.03. The number of rotatable bonds is 6. The predicted molar refractivity (Wildman–Crippen MR) is 78.8 cm³/mol. The third-order valence-electron chi connectivity index (χ3n) is 2.59. The van der Waals surface area contributed by atoms with Gasteiger partial charge < -0.3 is 10.2 Å². The maximum atomic E-state index is 12.2. The van der Waals surface area contributed by atoms with E-state index in [1.165, 1.54) is 18.2 Å². The maximum Gasteiger partial charge on any atom is 0.308 e. The Balaban J connectivity index is 2.21. The molecule has 6 nitrogen and oxygen atoms in total. The lowest BCUT2D eigenvalue weighted by Gasteiger charge is -2.07. The van der Waals surface area contributed by atoms with Crippen LogP contribution in [0.3, 0.4) is 0 Å². The molecule has 0 aliphatic rings. The van der Waals surface area contributed by atoms with Crippen molar-refractivity contribution in [2.75, 3.05) is 4.72 Å². The van der Waals surface area contributed by atoms with Crippen molar-refractivity contribution in [3.63, 3.8) is 0 Å². The van der Waals surface area contributed by atoms with Crippen LogP contribution in [0.15, 0.2) is 40.6 Å². The molecule has 0 fully saturated rings. The fourth-order valence-electron chi connectivity index (χ4n) is 1.69. The molecule has 3 N–H and O–H groups in total. The number of thiophene rings is 1. The fourth-order valence-corrected chi connectivity index (χ4v) is 4.08. The Kier molecular flexibility index (Phi) is 4.61. The first-order valence-electron chi connectivity index (χ1n) is 5.94. The van der Waals surface area contributed by atoms with Crippen molar-refractivity contribution < 1.29 is 23.4 Å². The minimum Gasteiger partial charge on any atom is -0.481 e. The van der Waals surface area contributed by atoms with Crippen LogP contribution in [-0.4, -0.2) is 24.6 Å². The van der Waals surface area contributed by atoms with E-state index in [0.29, 0.717) is 16.1 Å². The molecule has 0 aliphatic heterocycles. The average molecular weight is 327 g/mol. The van der Waals surface area contributed by atoms with E-state index in [1.807, 2.05) is 0 Å². The molecule has 8 heteroatoms. The van der Waals surface area contributed by atoms with E-state index in [9.17, 15) is 13.2 Å². The van der Waals surface area contributed by atoms with Gasteiger partial charge in [0.05, 0.1) is 13.0 Å². The number of benzene rings is 1. The van der Waals surface area contributed by atoms with Crippen LogP contribution in [0.5, 0.6) is 0 Å². The Bertz CT molecular complexity index is 751. The van der Waals surface area contributed by atoms with Crippen molar-refractivity contribution in [3.8, 4) is 0 Å². The highest BCUT2D eigenvalue weighted by Crippen LogP contribution is 2.24. The van der Waals surface area contributed by atoms with Crippen LogP contribution in [0.25, 0.3) is 0 Å². The van der Waals surface area contributed by atoms with E-state index < -0.39 is 16.0 Å². The molecule has 0 unspecified atom stereocenters. The molecule has 0 saturated heterocycles. The first kappa shape index (κ1) is 15.5. The molecule has 0 bridgehead atoms. The molecule has 2 rings (SSSR count). The van der Waals surface area contributed by atoms with Gasteiger partial charge in [0.2, 0.25) is 0 Å². The van der Waals surface area contributed by atoms with E-state index in [0.717, 1.165) is 11.3 Å². The summed E-state index contributed by atoms with van der Waals surface area (Å²) in [6, 6.07) is 9.27. The molecule has 0 radical (unpaired) electrons. The molecule has 0 amide bonds. The van der Waals surface area contributed by atoms with Gasteiger partial charge in [0.15, 0.2) is 0 Å². The van der Waals surface area contributed by atoms with Gasteiger partial charge in [0.1, 0.15) is 4.21 Å². The maximum absolute atomic E-state index is 12.2. The number of anilines is 1. The number of aliphatic carboxylic acids is 1.